The van der Waals surface area contributed by atoms with E-state index in [1.165, 1.54) is 32.1 Å². The summed E-state index contributed by atoms with van der Waals surface area (Å²) in [5, 5.41) is 0. The molecule has 1 N–H and O–H groups in total. The van der Waals surface area contributed by atoms with E-state index in [9.17, 15) is 8.42 Å². The van der Waals surface area contributed by atoms with Crippen LogP contribution in [0.15, 0.2) is 29.2 Å². The predicted octanol–water partition coefficient (Wildman–Crippen LogP) is 1.41. The van der Waals surface area contributed by atoms with Crippen molar-refractivity contribution in [2.45, 2.75) is 43.0 Å². The molecule has 0 atom stereocenters. The summed E-state index contributed by atoms with van der Waals surface area (Å²) in [7, 11) is -1.80. The van der Waals surface area contributed by atoms with Gasteiger partial charge in [0.2, 0.25) is 10.0 Å². The molecule has 0 unspecified atom stereocenters. The second-order valence-corrected chi connectivity index (χ2v) is 11.1. The summed E-state index contributed by atoms with van der Waals surface area (Å²) >= 11 is 0. The summed E-state index contributed by atoms with van der Waals surface area (Å²) in [6, 6.07) is 7.56. The summed E-state index contributed by atoms with van der Waals surface area (Å²) in [6.45, 7) is 3.21. The molecule has 1 saturated heterocycles. The Bertz CT molecular complexity index is 756. The van der Waals surface area contributed by atoms with Crippen molar-refractivity contribution in [3.63, 3.8) is 0 Å². The van der Waals surface area contributed by atoms with Crippen LogP contribution in [0, 0.1) is 23.7 Å². The summed E-state index contributed by atoms with van der Waals surface area (Å²) in [4.78, 5) is 2.06. The van der Waals surface area contributed by atoms with Gasteiger partial charge >= 0.3 is 0 Å². The van der Waals surface area contributed by atoms with Crippen molar-refractivity contribution in [2.75, 3.05) is 33.3 Å². The third-order valence-corrected chi connectivity index (χ3v) is 9.67. The van der Waals surface area contributed by atoms with E-state index in [1.54, 1.807) is 40.6 Å². The predicted molar refractivity (Wildman–Crippen MR) is 103 cm³/mol. The largest absolute Gasteiger partial charge is 0.497 e. The second-order valence-electron chi connectivity index (χ2n) is 9.19. The van der Waals surface area contributed by atoms with E-state index in [0.717, 1.165) is 42.8 Å². The molecule has 1 aliphatic heterocycles. The van der Waals surface area contributed by atoms with Crippen LogP contribution >= 0.6 is 0 Å². The molecule has 1 aromatic rings. The van der Waals surface area contributed by atoms with Gasteiger partial charge in [-0.05, 0) is 68.2 Å². The lowest BCUT2D eigenvalue weighted by molar-refractivity contribution is -0.939. The standard InChI is InChI=1S/C21H30N2O3S/c1-26-19-2-4-20(5-3-19)27(24,25)23-8-6-22(7-9-23)21-17-11-15-10-16(13-17)14-18(21)12-15/h2-5,15-18,21H,6-14H2,1H3/p+1. The molecule has 4 aliphatic carbocycles. The maximum absolute atomic E-state index is 13.0. The molecule has 0 radical (unpaired) electrons. The summed E-state index contributed by atoms with van der Waals surface area (Å²) in [5.41, 5.74) is 0. The number of hydrogen-bond acceptors (Lipinski definition) is 3. The Balaban J connectivity index is 1.26. The first-order chi connectivity index (χ1) is 13.0. The van der Waals surface area contributed by atoms with Crippen molar-refractivity contribution < 1.29 is 18.1 Å². The molecule has 0 aromatic heterocycles. The molecule has 5 nitrogen and oxygen atoms in total. The number of nitrogens with zero attached hydrogens (tertiary/aromatic N) is 1. The van der Waals surface area contributed by atoms with Crippen LogP contribution in [0.25, 0.3) is 0 Å². The van der Waals surface area contributed by atoms with E-state index in [1.807, 2.05) is 0 Å². The first-order valence-electron chi connectivity index (χ1n) is 10.5. The van der Waals surface area contributed by atoms with E-state index in [0.29, 0.717) is 23.7 Å². The molecule has 148 valence electrons. The topological polar surface area (TPSA) is 51.1 Å². The van der Waals surface area contributed by atoms with Crippen molar-refractivity contribution in [1.29, 1.82) is 0 Å². The highest BCUT2D eigenvalue weighted by Gasteiger charge is 2.52. The van der Waals surface area contributed by atoms with Gasteiger partial charge in [0.15, 0.2) is 0 Å². The van der Waals surface area contributed by atoms with Crippen molar-refractivity contribution in [2.24, 2.45) is 23.7 Å². The third kappa shape index (κ3) is 3.10. The van der Waals surface area contributed by atoms with E-state index >= 15 is 0 Å². The molecular formula is C21H31N2O3S+. The van der Waals surface area contributed by atoms with Crippen molar-refractivity contribution in [1.82, 2.24) is 4.31 Å². The molecule has 5 fully saturated rings. The third-order valence-electron chi connectivity index (χ3n) is 7.76. The number of sulfonamides is 1. The molecule has 1 aromatic carbocycles. The van der Waals surface area contributed by atoms with Gasteiger partial charge in [-0.15, -0.1) is 0 Å². The van der Waals surface area contributed by atoms with Crippen LogP contribution in [-0.4, -0.2) is 52.1 Å². The van der Waals surface area contributed by atoms with E-state index in [2.05, 4.69) is 0 Å². The van der Waals surface area contributed by atoms with Crippen LogP contribution in [0.5, 0.6) is 5.75 Å². The summed E-state index contributed by atoms with van der Waals surface area (Å²) in [5.74, 6) is 4.49. The Morgan fingerprint density at radius 3 is 2.00 bits per heavy atom. The Hall–Kier alpha value is -1.11. The van der Waals surface area contributed by atoms with Crippen molar-refractivity contribution in [3.05, 3.63) is 24.3 Å². The van der Waals surface area contributed by atoms with E-state index in [4.69, 9.17) is 4.74 Å². The highest BCUT2D eigenvalue weighted by atomic mass is 32.2. The van der Waals surface area contributed by atoms with Gasteiger partial charge in [-0.1, -0.05) is 0 Å². The fraction of sp³-hybridized carbons (Fsp3) is 0.714. The summed E-state index contributed by atoms with van der Waals surface area (Å²) in [6.07, 6.45) is 7.25. The van der Waals surface area contributed by atoms with Gasteiger partial charge < -0.3 is 9.64 Å². The van der Waals surface area contributed by atoms with Crippen molar-refractivity contribution in [3.8, 4) is 5.75 Å². The minimum absolute atomic E-state index is 0.376. The number of quaternary nitrogens is 1. The molecule has 0 spiro atoms. The first kappa shape index (κ1) is 18.0. The zero-order valence-electron chi connectivity index (χ0n) is 16.1. The summed E-state index contributed by atoms with van der Waals surface area (Å²) < 4.78 is 32.8. The lowest BCUT2D eigenvalue weighted by atomic mass is 9.54. The van der Waals surface area contributed by atoms with Crippen LogP contribution in [0.1, 0.15) is 32.1 Å². The Kier molecular flexibility index (Phi) is 4.49. The van der Waals surface area contributed by atoms with Crippen LogP contribution < -0.4 is 9.64 Å². The lowest BCUT2D eigenvalue weighted by Crippen LogP contribution is -3.20. The smallest absolute Gasteiger partial charge is 0.243 e. The number of piperazine rings is 1. The normalized spacial score (nSPS) is 36.9. The number of rotatable bonds is 4. The molecule has 4 saturated carbocycles. The Morgan fingerprint density at radius 2 is 1.48 bits per heavy atom. The average Bonchev–Trinajstić information content (AvgIpc) is 2.67. The van der Waals surface area contributed by atoms with Crippen LogP contribution in [-0.2, 0) is 10.0 Å². The van der Waals surface area contributed by atoms with Crippen LogP contribution in [0.3, 0.4) is 0 Å². The van der Waals surface area contributed by atoms with Gasteiger partial charge in [0.05, 0.1) is 44.2 Å². The minimum atomic E-state index is -3.40. The van der Waals surface area contributed by atoms with E-state index < -0.39 is 10.0 Å². The molecule has 6 rings (SSSR count). The number of ether oxygens (including phenoxy) is 1. The van der Waals surface area contributed by atoms with Gasteiger partial charge in [0.1, 0.15) is 5.75 Å². The highest BCUT2D eigenvalue weighted by molar-refractivity contribution is 7.89. The SMILES string of the molecule is COc1ccc(S(=O)(=O)N2CC[NH+](C3C4CC5CC(C4)CC3C5)CC2)cc1. The average molecular weight is 392 g/mol. The van der Waals surface area contributed by atoms with Gasteiger partial charge in [-0.2, -0.15) is 4.31 Å². The molecule has 6 heteroatoms. The maximum Gasteiger partial charge on any atom is 0.243 e. The van der Waals surface area contributed by atoms with E-state index in [-0.39, 0.29) is 0 Å². The fourth-order valence-corrected chi connectivity index (χ4v) is 8.28. The van der Waals surface area contributed by atoms with Crippen molar-refractivity contribution >= 4 is 10.0 Å². The molecular weight excluding hydrogens is 360 g/mol. The Morgan fingerprint density at radius 1 is 0.926 bits per heavy atom. The number of benzene rings is 1. The second kappa shape index (κ2) is 6.75. The number of hydrogen-bond donors (Lipinski definition) is 1. The molecule has 5 aliphatic rings. The monoisotopic (exact) mass is 391 g/mol. The lowest BCUT2D eigenvalue weighted by Gasteiger charge is -2.56. The van der Waals surface area contributed by atoms with Crippen LogP contribution in [0.4, 0.5) is 0 Å². The molecule has 1 heterocycles. The maximum atomic E-state index is 13.0. The zero-order chi connectivity index (χ0) is 18.6. The molecule has 0 amide bonds. The minimum Gasteiger partial charge on any atom is -0.497 e. The molecule has 27 heavy (non-hydrogen) atoms. The highest BCUT2D eigenvalue weighted by Crippen LogP contribution is 2.53. The number of nitrogens with one attached hydrogen (secondary N) is 1. The fourth-order valence-electron chi connectivity index (χ4n) is 6.84. The van der Waals surface area contributed by atoms with Gasteiger partial charge in [-0.3, -0.25) is 0 Å². The number of methoxy groups -OCH3 is 1. The zero-order valence-corrected chi connectivity index (χ0v) is 17.0. The van der Waals surface area contributed by atoms with Gasteiger partial charge in [0, 0.05) is 11.8 Å². The van der Waals surface area contributed by atoms with Gasteiger partial charge in [-0.25, -0.2) is 8.42 Å². The molecule has 4 bridgehead atoms. The van der Waals surface area contributed by atoms with Crippen LogP contribution in [0.2, 0.25) is 0 Å². The first-order valence-corrected chi connectivity index (χ1v) is 12.0. The quantitative estimate of drug-likeness (QED) is 0.844. The Labute approximate surface area is 162 Å². The van der Waals surface area contributed by atoms with Gasteiger partial charge in [0.25, 0.3) is 0 Å².